The number of aromatic amines is 1. The van der Waals surface area contributed by atoms with Crippen LogP contribution in [-0.2, 0) is 6.42 Å². The number of rotatable bonds is 4. The number of carboxylic acids is 1. The third-order valence-corrected chi connectivity index (χ3v) is 3.87. The molecule has 0 fully saturated rings. The fraction of sp³-hybridized carbons (Fsp3) is 0.167. The molecule has 0 unspecified atom stereocenters. The van der Waals surface area contributed by atoms with Crippen LogP contribution in [-0.4, -0.2) is 30.2 Å². The Kier molecular flexibility index (Phi) is 3.59. The predicted octanol–water partition coefficient (Wildman–Crippen LogP) is 3.52. The minimum atomic E-state index is -0.906. The molecule has 0 aliphatic rings. The monoisotopic (exact) mass is 294 g/mol. The van der Waals surface area contributed by atoms with E-state index < -0.39 is 5.97 Å². The molecular weight excluding hydrogens is 276 g/mol. The summed E-state index contributed by atoms with van der Waals surface area (Å²) in [6.45, 7) is 0. The van der Waals surface area contributed by atoms with Crippen LogP contribution in [0.1, 0.15) is 21.5 Å². The van der Waals surface area contributed by atoms with E-state index >= 15 is 0 Å². The number of hydrogen-bond donors (Lipinski definition) is 2. The lowest BCUT2D eigenvalue weighted by atomic mass is 10.0. The average molecular weight is 294 g/mol. The number of carbonyl (C=O) groups is 1. The van der Waals surface area contributed by atoms with Crippen molar-refractivity contribution in [2.24, 2.45) is 0 Å². The number of nitrogens with one attached hydrogen (secondary N) is 1. The van der Waals surface area contributed by atoms with E-state index in [0.29, 0.717) is 5.56 Å². The van der Waals surface area contributed by atoms with Gasteiger partial charge in [0.15, 0.2) is 0 Å². The molecule has 0 radical (unpaired) electrons. The molecule has 0 saturated heterocycles. The van der Waals surface area contributed by atoms with Gasteiger partial charge in [-0.1, -0.05) is 24.3 Å². The zero-order valence-electron chi connectivity index (χ0n) is 12.6. The van der Waals surface area contributed by atoms with Gasteiger partial charge in [-0.2, -0.15) is 0 Å². The van der Waals surface area contributed by atoms with Crippen LogP contribution in [0.5, 0.6) is 0 Å². The number of aromatic nitrogens is 1. The number of carboxylic acid groups (broad SMARTS) is 1. The van der Waals surface area contributed by atoms with Crippen molar-refractivity contribution in [3.05, 3.63) is 65.4 Å². The molecule has 2 N–H and O–H groups in total. The van der Waals surface area contributed by atoms with Crippen LogP contribution in [0.3, 0.4) is 0 Å². The van der Waals surface area contributed by atoms with Crippen LogP contribution in [0, 0.1) is 0 Å². The second-order valence-corrected chi connectivity index (χ2v) is 5.58. The molecule has 0 bridgehead atoms. The first-order chi connectivity index (χ1) is 10.6. The van der Waals surface area contributed by atoms with Gasteiger partial charge in [0.05, 0.1) is 5.56 Å². The Morgan fingerprint density at radius 2 is 1.91 bits per heavy atom. The predicted molar refractivity (Wildman–Crippen MR) is 88.8 cm³/mol. The highest BCUT2D eigenvalue weighted by atomic mass is 16.4. The molecule has 1 aromatic heterocycles. The highest BCUT2D eigenvalue weighted by Crippen LogP contribution is 2.26. The SMILES string of the molecule is CN(C)c1ccccc1Cc1c[nH]c2cc(C(=O)O)ccc12. The molecule has 22 heavy (non-hydrogen) atoms. The molecule has 0 spiro atoms. The van der Waals surface area contributed by atoms with Crippen molar-refractivity contribution in [3.63, 3.8) is 0 Å². The van der Waals surface area contributed by atoms with E-state index in [-0.39, 0.29) is 0 Å². The lowest BCUT2D eigenvalue weighted by Gasteiger charge is -2.17. The number of hydrogen-bond acceptors (Lipinski definition) is 2. The Hall–Kier alpha value is -2.75. The Labute approximate surface area is 129 Å². The quantitative estimate of drug-likeness (QED) is 0.774. The zero-order valence-corrected chi connectivity index (χ0v) is 12.6. The van der Waals surface area contributed by atoms with Gasteiger partial charge in [-0.3, -0.25) is 0 Å². The summed E-state index contributed by atoms with van der Waals surface area (Å²) in [5.41, 5.74) is 4.77. The Bertz CT molecular complexity index is 834. The second kappa shape index (κ2) is 5.56. The van der Waals surface area contributed by atoms with Crippen molar-refractivity contribution in [2.75, 3.05) is 19.0 Å². The number of fused-ring (bicyclic) bond motifs is 1. The van der Waals surface area contributed by atoms with Crippen LogP contribution in [0.4, 0.5) is 5.69 Å². The molecule has 1 heterocycles. The normalized spacial score (nSPS) is 10.8. The van der Waals surface area contributed by atoms with Crippen molar-refractivity contribution >= 4 is 22.6 Å². The van der Waals surface area contributed by atoms with Crippen molar-refractivity contribution in [2.45, 2.75) is 6.42 Å². The molecule has 2 aromatic carbocycles. The maximum atomic E-state index is 11.0. The first kappa shape index (κ1) is 14.2. The first-order valence-corrected chi connectivity index (χ1v) is 7.15. The molecular formula is C18H18N2O2. The summed E-state index contributed by atoms with van der Waals surface area (Å²) < 4.78 is 0. The fourth-order valence-corrected chi connectivity index (χ4v) is 2.77. The van der Waals surface area contributed by atoms with E-state index in [1.165, 1.54) is 16.8 Å². The molecule has 4 heteroatoms. The minimum absolute atomic E-state index is 0.301. The largest absolute Gasteiger partial charge is 0.478 e. The van der Waals surface area contributed by atoms with Crippen LogP contribution in [0.15, 0.2) is 48.7 Å². The summed E-state index contributed by atoms with van der Waals surface area (Å²) >= 11 is 0. The van der Waals surface area contributed by atoms with Gasteiger partial charge in [0, 0.05) is 43.3 Å². The third-order valence-electron chi connectivity index (χ3n) is 3.87. The molecule has 0 saturated carbocycles. The fourth-order valence-electron chi connectivity index (χ4n) is 2.77. The number of H-pyrrole nitrogens is 1. The van der Waals surface area contributed by atoms with E-state index in [4.69, 9.17) is 5.11 Å². The van der Waals surface area contributed by atoms with Crippen molar-refractivity contribution < 1.29 is 9.90 Å². The Balaban J connectivity index is 2.00. The van der Waals surface area contributed by atoms with Gasteiger partial charge in [0.2, 0.25) is 0 Å². The summed E-state index contributed by atoms with van der Waals surface area (Å²) in [4.78, 5) is 16.3. The summed E-state index contributed by atoms with van der Waals surface area (Å²) in [6, 6.07) is 13.5. The van der Waals surface area contributed by atoms with E-state index in [0.717, 1.165) is 17.3 Å². The standard InChI is InChI=1S/C18H18N2O2/c1-20(2)17-6-4-3-5-12(17)9-14-11-19-16-10-13(18(21)22)7-8-15(14)16/h3-8,10-11,19H,9H2,1-2H3,(H,21,22). The van der Waals surface area contributed by atoms with Crippen LogP contribution < -0.4 is 4.90 Å². The summed E-state index contributed by atoms with van der Waals surface area (Å²) in [6.07, 6.45) is 2.77. The van der Waals surface area contributed by atoms with Crippen LogP contribution >= 0.6 is 0 Å². The highest BCUT2D eigenvalue weighted by molar-refractivity contribution is 5.94. The van der Waals surface area contributed by atoms with Gasteiger partial charge in [-0.25, -0.2) is 4.79 Å². The minimum Gasteiger partial charge on any atom is -0.478 e. The van der Waals surface area contributed by atoms with Gasteiger partial charge < -0.3 is 15.0 Å². The number of benzene rings is 2. The lowest BCUT2D eigenvalue weighted by Crippen LogP contribution is -2.11. The summed E-state index contributed by atoms with van der Waals surface area (Å²) in [7, 11) is 4.07. The molecule has 3 aromatic rings. The molecule has 112 valence electrons. The van der Waals surface area contributed by atoms with Crippen LogP contribution in [0.2, 0.25) is 0 Å². The van der Waals surface area contributed by atoms with Gasteiger partial charge in [0.1, 0.15) is 0 Å². The smallest absolute Gasteiger partial charge is 0.335 e. The number of anilines is 1. The topological polar surface area (TPSA) is 56.3 Å². The second-order valence-electron chi connectivity index (χ2n) is 5.58. The zero-order chi connectivity index (χ0) is 15.7. The molecule has 4 nitrogen and oxygen atoms in total. The molecule has 0 aliphatic heterocycles. The van der Waals surface area contributed by atoms with Crippen molar-refractivity contribution in [1.29, 1.82) is 0 Å². The Morgan fingerprint density at radius 3 is 2.64 bits per heavy atom. The molecule has 0 aliphatic carbocycles. The third kappa shape index (κ3) is 2.55. The maximum absolute atomic E-state index is 11.0. The maximum Gasteiger partial charge on any atom is 0.335 e. The number of para-hydroxylation sites is 1. The first-order valence-electron chi connectivity index (χ1n) is 7.15. The average Bonchev–Trinajstić information content (AvgIpc) is 2.90. The number of aromatic carboxylic acids is 1. The molecule has 3 rings (SSSR count). The van der Waals surface area contributed by atoms with Gasteiger partial charge in [0.25, 0.3) is 0 Å². The van der Waals surface area contributed by atoms with E-state index in [1.54, 1.807) is 12.1 Å². The highest BCUT2D eigenvalue weighted by Gasteiger charge is 2.10. The lowest BCUT2D eigenvalue weighted by molar-refractivity contribution is 0.0697. The molecule has 0 atom stereocenters. The van der Waals surface area contributed by atoms with E-state index in [2.05, 4.69) is 22.0 Å². The van der Waals surface area contributed by atoms with E-state index in [1.807, 2.05) is 38.5 Å². The van der Waals surface area contributed by atoms with Gasteiger partial charge >= 0.3 is 5.97 Å². The van der Waals surface area contributed by atoms with Gasteiger partial charge in [-0.05, 0) is 29.3 Å². The summed E-state index contributed by atoms with van der Waals surface area (Å²) in [5, 5.41) is 10.1. The van der Waals surface area contributed by atoms with Crippen molar-refractivity contribution in [1.82, 2.24) is 4.98 Å². The van der Waals surface area contributed by atoms with Crippen molar-refractivity contribution in [3.8, 4) is 0 Å². The van der Waals surface area contributed by atoms with E-state index in [9.17, 15) is 4.79 Å². The summed E-state index contributed by atoms with van der Waals surface area (Å²) in [5.74, 6) is -0.906. The van der Waals surface area contributed by atoms with Gasteiger partial charge in [-0.15, -0.1) is 0 Å². The molecule has 0 amide bonds. The Morgan fingerprint density at radius 1 is 1.14 bits per heavy atom. The van der Waals surface area contributed by atoms with Crippen LogP contribution in [0.25, 0.3) is 10.9 Å². The number of nitrogens with zero attached hydrogens (tertiary/aromatic N) is 1.